The lowest BCUT2D eigenvalue weighted by atomic mass is 10.1. The minimum atomic E-state index is -0.310. The second-order valence-corrected chi connectivity index (χ2v) is 4.66. The largest absolute Gasteiger partial charge is 0.392 e. The van der Waals surface area contributed by atoms with Crippen LogP contribution in [-0.4, -0.2) is 32.5 Å². The Morgan fingerprint density at radius 1 is 1.38 bits per heavy atom. The Kier molecular flexibility index (Phi) is 4.89. The predicted molar refractivity (Wildman–Crippen MR) is 63.0 cm³/mol. The summed E-state index contributed by atoms with van der Waals surface area (Å²) in [4.78, 5) is 4.19. The van der Waals surface area contributed by atoms with E-state index in [0.717, 1.165) is 5.82 Å². The van der Waals surface area contributed by atoms with Crippen molar-refractivity contribution in [2.45, 2.75) is 46.4 Å². The Morgan fingerprint density at radius 3 is 2.62 bits per heavy atom. The van der Waals surface area contributed by atoms with Gasteiger partial charge < -0.3 is 10.4 Å². The molecule has 0 saturated carbocycles. The molecule has 1 aromatic rings. The van der Waals surface area contributed by atoms with Gasteiger partial charge in [-0.3, -0.25) is 0 Å². The number of aliphatic hydroxyl groups excluding tert-OH is 1. The van der Waals surface area contributed by atoms with Gasteiger partial charge in [-0.15, -0.1) is 0 Å². The molecular formula is C11H22N4O. The van der Waals surface area contributed by atoms with E-state index in [-0.39, 0.29) is 12.0 Å². The summed E-state index contributed by atoms with van der Waals surface area (Å²) < 4.78 is 1.88. The number of rotatable bonds is 6. The Morgan fingerprint density at radius 2 is 2.06 bits per heavy atom. The zero-order valence-electron chi connectivity index (χ0n) is 10.5. The molecule has 92 valence electrons. The van der Waals surface area contributed by atoms with Crippen LogP contribution in [0.2, 0.25) is 0 Å². The highest BCUT2D eigenvalue weighted by atomic mass is 16.3. The van der Waals surface area contributed by atoms with Gasteiger partial charge in [0.2, 0.25) is 0 Å². The second-order valence-electron chi connectivity index (χ2n) is 4.66. The zero-order chi connectivity index (χ0) is 12.1. The van der Waals surface area contributed by atoms with Crippen molar-refractivity contribution < 1.29 is 5.11 Å². The highest BCUT2D eigenvalue weighted by Crippen LogP contribution is 2.05. The van der Waals surface area contributed by atoms with Crippen LogP contribution in [0.25, 0.3) is 0 Å². The fourth-order valence-electron chi connectivity index (χ4n) is 1.40. The third-order valence-electron chi connectivity index (χ3n) is 2.54. The van der Waals surface area contributed by atoms with Crippen LogP contribution in [-0.2, 0) is 6.54 Å². The molecule has 0 fully saturated rings. The summed E-state index contributed by atoms with van der Waals surface area (Å²) in [7, 11) is 0. The van der Waals surface area contributed by atoms with Gasteiger partial charge in [-0.05, 0) is 19.8 Å². The summed E-state index contributed by atoms with van der Waals surface area (Å²) >= 11 is 0. The minimum absolute atomic E-state index is 0.274. The molecule has 5 heteroatoms. The maximum absolute atomic E-state index is 9.63. The van der Waals surface area contributed by atoms with Crippen molar-refractivity contribution in [3.8, 4) is 0 Å². The van der Waals surface area contributed by atoms with Crippen LogP contribution in [0.15, 0.2) is 6.33 Å². The Balaban J connectivity index is 2.40. The first-order valence-electron chi connectivity index (χ1n) is 5.79. The monoisotopic (exact) mass is 226 g/mol. The third-order valence-corrected chi connectivity index (χ3v) is 2.54. The molecule has 0 spiro atoms. The summed E-state index contributed by atoms with van der Waals surface area (Å²) in [5, 5.41) is 17.0. The van der Waals surface area contributed by atoms with E-state index >= 15 is 0 Å². The molecule has 0 aromatic carbocycles. The predicted octanol–water partition coefficient (Wildman–Crippen LogP) is 0.965. The molecule has 2 N–H and O–H groups in total. The first-order chi connectivity index (χ1) is 7.52. The fraction of sp³-hybridized carbons (Fsp3) is 0.818. The quantitative estimate of drug-likeness (QED) is 0.758. The molecule has 5 nitrogen and oxygen atoms in total. The molecule has 0 aliphatic heterocycles. The van der Waals surface area contributed by atoms with Crippen LogP contribution in [0.1, 0.15) is 39.6 Å². The van der Waals surface area contributed by atoms with Crippen LogP contribution in [0.3, 0.4) is 0 Å². The van der Waals surface area contributed by atoms with Crippen LogP contribution in [0.4, 0.5) is 0 Å². The molecule has 1 rings (SSSR count). The first kappa shape index (κ1) is 13.1. The molecule has 0 amide bonds. The summed E-state index contributed by atoms with van der Waals surface area (Å²) in [6, 6.07) is 0.314. The van der Waals surface area contributed by atoms with Gasteiger partial charge in [0, 0.05) is 12.6 Å². The minimum Gasteiger partial charge on any atom is -0.392 e. The molecule has 0 radical (unpaired) electrons. The van der Waals surface area contributed by atoms with E-state index in [2.05, 4.69) is 29.2 Å². The molecule has 1 aromatic heterocycles. The lowest BCUT2D eigenvalue weighted by Crippen LogP contribution is -2.31. The van der Waals surface area contributed by atoms with E-state index in [0.29, 0.717) is 19.1 Å². The van der Waals surface area contributed by atoms with E-state index in [9.17, 15) is 5.11 Å². The molecule has 0 aliphatic carbocycles. The van der Waals surface area contributed by atoms with Crippen molar-refractivity contribution in [1.29, 1.82) is 0 Å². The van der Waals surface area contributed by atoms with Crippen molar-refractivity contribution in [3.05, 3.63) is 12.2 Å². The van der Waals surface area contributed by atoms with E-state index in [1.54, 1.807) is 6.33 Å². The Bertz CT molecular complexity index is 309. The number of nitrogens with one attached hydrogen (secondary N) is 1. The topological polar surface area (TPSA) is 63.0 Å². The average molecular weight is 226 g/mol. The fourth-order valence-corrected chi connectivity index (χ4v) is 1.40. The molecule has 16 heavy (non-hydrogen) atoms. The van der Waals surface area contributed by atoms with Gasteiger partial charge in [-0.2, -0.15) is 5.10 Å². The lowest BCUT2D eigenvalue weighted by molar-refractivity contribution is 0.123. The molecule has 0 bridgehead atoms. The summed E-state index contributed by atoms with van der Waals surface area (Å²) in [5.74, 6) is 1.18. The molecule has 1 unspecified atom stereocenters. The maximum Gasteiger partial charge on any atom is 0.141 e. The van der Waals surface area contributed by atoms with Crippen molar-refractivity contribution >= 4 is 0 Å². The Labute approximate surface area is 96.9 Å². The molecular weight excluding hydrogens is 204 g/mol. The SMILES string of the molecule is CC(C)C(O)CNCc1ncnn1C(C)C. The van der Waals surface area contributed by atoms with Crippen molar-refractivity contribution in [2.24, 2.45) is 5.92 Å². The lowest BCUT2D eigenvalue weighted by Gasteiger charge is -2.15. The number of aromatic nitrogens is 3. The van der Waals surface area contributed by atoms with Crippen LogP contribution < -0.4 is 5.32 Å². The van der Waals surface area contributed by atoms with Gasteiger partial charge in [0.15, 0.2) is 0 Å². The van der Waals surface area contributed by atoms with Gasteiger partial charge in [0.1, 0.15) is 12.2 Å². The van der Waals surface area contributed by atoms with E-state index in [1.807, 2.05) is 18.5 Å². The second kappa shape index (κ2) is 5.96. The zero-order valence-corrected chi connectivity index (χ0v) is 10.5. The standard InChI is InChI=1S/C11H22N4O/c1-8(2)10(16)5-12-6-11-13-7-14-15(11)9(3)4/h7-10,12,16H,5-6H2,1-4H3. The van der Waals surface area contributed by atoms with Crippen molar-refractivity contribution in [3.63, 3.8) is 0 Å². The highest BCUT2D eigenvalue weighted by molar-refractivity contribution is 4.85. The molecule has 1 heterocycles. The first-order valence-corrected chi connectivity index (χ1v) is 5.79. The van der Waals surface area contributed by atoms with Gasteiger partial charge in [0.05, 0.1) is 12.6 Å². The van der Waals surface area contributed by atoms with Gasteiger partial charge in [-0.1, -0.05) is 13.8 Å². The number of hydrogen-bond acceptors (Lipinski definition) is 4. The van der Waals surface area contributed by atoms with Gasteiger partial charge >= 0.3 is 0 Å². The smallest absolute Gasteiger partial charge is 0.141 e. The van der Waals surface area contributed by atoms with Crippen molar-refractivity contribution in [2.75, 3.05) is 6.54 Å². The number of aliphatic hydroxyl groups is 1. The summed E-state index contributed by atoms with van der Waals surface area (Å²) in [6.07, 6.45) is 1.26. The average Bonchev–Trinajstić information content (AvgIpc) is 2.65. The summed E-state index contributed by atoms with van der Waals surface area (Å²) in [6.45, 7) is 9.37. The number of nitrogens with zero attached hydrogens (tertiary/aromatic N) is 3. The third kappa shape index (κ3) is 3.57. The van der Waals surface area contributed by atoms with Crippen molar-refractivity contribution in [1.82, 2.24) is 20.1 Å². The van der Waals surface area contributed by atoms with Crippen LogP contribution in [0.5, 0.6) is 0 Å². The molecule has 0 saturated heterocycles. The Hall–Kier alpha value is -0.940. The highest BCUT2D eigenvalue weighted by Gasteiger charge is 2.10. The van der Waals surface area contributed by atoms with Gasteiger partial charge in [-0.25, -0.2) is 9.67 Å². The molecule has 0 aliphatic rings. The van der Waals surface area contributed by atoms with Crippen LogP contribution in [0, 0.1) is 5.92 Å². The van der Waals surface area contributed by atoms with Crippen LogP contribution >= 0.6 is 0 Å². The van der Waals surface area contributed by atoms with E-state index in [4.69, 9.17) is 0 Å². The number of hydrogen-bond donors (Lipinski definition) is 2. The molecule has 1 atom stereocenters. The maximum atomic E-state index is 9.63. The summed E-state index contributed by atoms with van der Waals surface area (Å²) in [5.41, 5.74) is 0. The van der Waals surface area contributed by atoms with E-state index < -0.39 is 0 Å². The van der Waals surface area contributed by atoms with Gasteiger partial charge in [0.25, 0.3) is 0 Å². The van der Waals surface area contributed by atoms with E-state index in [1.165, 1.54) is 0 Å². The normalized spacial score (nSPS) is 13.7.